The minimum atomic E-state index is -0.806. The summed E-state index contributed by atoms with van der Waals surface area (Å²) in [4.78, 5) is 37.9. The second kappa shape index (κ2) is 63.6. The monoisotopic (exact) mass is 1060 g/mol. The molecule has 0 amide bonds. The maximum absolute atomic E-state index is 12.8. The Morgan fingerprint density at radius 2 is 0.519 bits per heavy atom. The van der Waals surface area contributed by atoms with Crippen molar-refractivity contribution in [2.75, 3.05) is 13.2 Å². The van der Waals surface area contributed by atoms with E-state index >= 15 is 0 Å². The molecular weight excluding hydrogens is 949 g/mol. The maximum atomic E-state index is 12.8. The third kappa shape index (κ3) is 61.8. The van der Waals surface area contributed by atoms with Crippen molar-refractivity contribution >= 4 is 17.9 Å². The molecule has 0 aromatic rings. The van der Waals surface area contributed by atoms with E-state index in [0.717, 1.165) is 141 Å². The topological polar surface area (TPSA) is 78.9 Å². The van der Waals surface area contributed by atoms with E-state index in [-0.39, 0.29) is 37.5 Å². The normalized spacial score (nSPS) is 13.2. The van der Waals surface area contributed by atoms with Crippen molar-refractivity contribution in [3.05, 3.63) is 158 Å². The smallest absolute Gasteiger partial charge is 0.306 e. The van der Waals surface area contributed by atoms with Crippen molar-refractivity contribution in [2.24, 2.45) is 0 Å². The standard InChI is InChI=1S/C71H112O6/c1-4-7-10-13-15-17-19-21-23-25-27-29-31-33-34-35-36-38-39-41-43-45-47-49-51-53-55-58-61-64-70(73)76-67-68(66-75-69(72)63-60-57-12-9-6-3)77-71(74)65-62-59-56-54-52-50-48-46-44-42-40-37-32-30-28-26-24-22-20-18-16-14-11-8-5-2/h7-8,10-11,15-18,21-24,27-30,33-34,36,38,41,43,47,49,53,55,68H,4-6,9,12-14,19-20,25-26,31-32,35,37,39-40,42,44-46,48,50-52,54,56-67H2,1-3H3/b10-7-,11-8-,17-15-,18-16-,23-21-,24-22-,29-27-,30-28-,34-33-,38-36-,43-41-,49-47-,55-53-. The minimum absolute atomic E-state index is 0.103. The van der Waals surface area contributed by atoms with Crippen LogP contribution in [0.5, 0.6) is 0 Å². The highest BCUT2D eigenvalue weighted by atomic mass is 16.6. The van der Waals surface area contributed by atoms with E-state index in [0.29, 0.717) is 19.3 Å². The summed E-state index contributed by atoms with van der Waals surface area (Å²) in [6.45, 7) is 6.27. The van der Waals surface area contributed by atoms with Gasteiger partial charge in [0.25, 0.3) is 0 Å². The molecule has 0 radical (unpaired) electrons. The van der Waals surface area contributed by atoms with E-state index in [9.17, 15) is 14.4 Å². The fourth-order valence-corrected chi connectivity index (χ4v) is 7.96. The summed E-state index contributed by atoms with van der Waals surface area (Å²) in [7, 11) is 0. The second-order valence-electron chi connectivity index (χ2n) is 19.9. The number of ether oxygens (including phenoxy) is 3. The number of allylic oxidation sites excluding steroid dienone is 26. The van der Waals surface area contributed by atoms with Crippen LogP contribution in [-0.4, -0.2) is 37.2 Å². The molecule has 1 unspecified atom stereocenters. The average Bonchev–Trinajstić information content (AvgIpc) is 3.43. The van der Waals surface area contributed by atoms with E-state index in [1.807, 2.05) is 0 Å². The number of hydrogen-bond acceptors (Lipinski definition) is 6. The molecule has 0 heterocycles. The molecule has 0 aliphatic heterocycles. The summed E-state index contributed by atoms with van der Waals surface area (Å²) < 4.78 is 16.7. The molecule has 0 spiro atoms. The molecule has 0 saturated carbocycles. The van der Waals surface area contributed by atoms with Crippen molar-refractivity contribution in [1.29, 1.82) is 0 Å². The van der Waals surface area contributed by atoms with Gasteiger partial charge in [-0.15, -0.1) is 0 Å². The fraction of sp³-hybridized carbons (Fsp3) is 0.592. The Morgan fingerprint density at radius 3 is 0.844 bits per heavy atom. The summed E-state index contributed by atoms with van der Waals surface area (Å²) in [5.41, 5.74) is 0. The Morgan fingerprint density at radius 1 is 0.273 bits per heavy atom. The van der Waals surface area contributed by atoms with Crippen molar-refractivity contribution < 1.29 is 28.6 Å². The molecule has 1 atom stereocenters. The first kappa shape index (κ1) is 72.0. The first-order chi connectivity index (χ1) is 38.0. The van der Waals surface area contributed by atoms with Crippen molar-refractivity contribution in [1.82, 2.24) is 0 Å². The predicted molar refractivity (Wildman–Crippen MR) is 334 cm³/mol. The number of carbonyl (C=O) groups excluding carboxylic acids is 3. The molecule has 0 aromatic heterocycles. The fourth-order valence-electron chi connectivity index (χ4n) is 7.96. The molecule has 0 rings (SSSR count). The van der Waals surface area contributed by atoms with E-state index in [1.54, 1.807) is 0 Å². The van der Waals surface area contributed by atoms with Crippen molar-refractivity contribution in [3.8, 4) is 0 Å². The zero-order valence-corrected chi connectivity index (χ0v) is 49.4. The summed E-state index contributed by atoms with van der Waals surface area (Å²) in [6.07, 6.45) is 93.0. The lowest BCUT2D eigenvalue weighted by molar-refractivity contribution is -0.167. The molecule has 6 heteroatoms. The third-order valence-corrected chi connectivity index (χ3v) is 12.5. The van der Waals surface area contributed by atoms with Gasteiger partial charge in [0, 0.05) is 19.3 Å². The van der Waals surface area contributed by atoms with Crippen LogP contribution in [0.15, 0.2) is 158 Å². The van der Waals surface area contributed by atoms with Gasteiger partial charge >= 0.3 is 17.9 Å². The van der Waals surface area contributed by atoms with Gasteiger partial charge in [0.15, 0.2) is 6.10 Å². The Hall–Kier alpha value is -4.97. The van der Waals surface area contributed by atoms with Crippen LogP contribution >= 0.6 is 0 Å². The summed E-state index contributed by atoms with van der Waals surface area (Å²) in [5.74, 6) is -0.987. The van der Waals surface area contributed by atoms with Gasteiger partial charge in [-0.05, 0) is 122 Å². The van der Waals surface area contributed by atoms with Crippen LogP contribution in [0.4, 0.5) is 0 Å². The van der Waals surface area contributed by atoms with Crippen LogP contribution in [0.25, 0.3) is 0 Å². The highest BCUT2D eigenvalue weighted by Gasteiger charge is 2.19. The Bertz CT molecular complexity index is 1740. The van der Waals surface area contributed by atoms with Crippen LogP contribution in [0.1, 0.15) is 252 Å². The van der Waals surface area contributed by atoms with Crippen LogP contribution < -0.4 is 0 Å². The lowest BCUT2D eigenvalue weighted by Gasteiger charge is -2.18. The first-order valence-electron chi connectivity index (χ1n) is 31.0. The Kier molecular flexibility index (Phi) is 59.5. The molecule has 0 fully saturated rings. The second-order valence-corrected chi connectivity index (χ2v) is 19.9. The van der Waals surface area contributed by atoms with Gasteiger partial charge < -0.3 is 14.2 Å². The summed E-state index contributed by atoms with van der Waals surface area (Å²) >= 11 is 0. The van der Waals surface area contributed by atoms with Crippen molar-refractivity contribution in [2.45, 2.75) is 258 Å². The third-order valence-electron chi connectivity index (χ3n) is 12.5. The van der Waals surface area contributed by atoms with Gasteiger partial charge in [-0.3, -0.25) is 14.4 Å². The molecule has 0 aliphatic rings. The number of hydrogen-bond donors (Lipinski definition) is 0. The van der Waals surface area contributed by atoms with Gasteiger partial charge in [-0.25, -0.2) is 0 Å². The first-order valence-corrected chi connectivity index (χ1v) is 31.0. The van der Waals surface area contributed by atoms with E-state index < -0.39 is 6.10 Å². The highest BCUT2D eigenvalue weighted by molar-refractivity contribution is 5.71. The molecule has 6 nitrogen and oxygen atoms in total. The number of esters is 3. The van der Waals surface area contributed by atoms with Crippen LogP contribution in [0.2, 0.25) is 0 Å². The zero-order chi connectivity index (χ0) is 55.7. The zero-order valence-electron chi connectivity index (χ0n) is 49.4. The maximum Gasteiger partial charge on any atom is 0.306 e. The molecule has 0 N–H and O–H groups in total. The minimum Gasteiger partial charge on any atom is -0.462 e. The van der Waals surface area contributed by atoms with Gasteiger partial charge in [-0.1, -0.05) is 269 Å². The lowest BCUT2D eigenvalue weighted by atomic mass is 10.0. The average molecular weight is 1060 g/mol. The predicted octanol–water partition coefficient (Wildman–Crippen LogP) is 21.3. The SMILES string of the molecule is CC/C=C\C/C=C\C/C=C\C/C=C\C/C=C\C/C=C\C/C=C\C/C=C\C/C=C\CCCC(=O)OCC(COC(=O)CCCCCCC)OC(=O)CCCCCCCCCCCCCC/C=C\C/C=C\C/C=C\C/C=C\CC. The van der Waals surface area contributed by atoms with Gasteiger partial charge in [0.1, 0.15) is 13.2 Å². The molecule has 432 valence electrons. The lowest BCUT2D eigenvalue weighted by Crippen LogP contribution is -2.30. The van der Waals surface area contributed by atoms with Gasteiger partial charge in [0.2, 0.25) is 0 Å². The van der Waals surface area contributed by atoms with E-state index in [4.69, 9.17) is 14.2 Å². The van der Waals surface area contributed by atoms with Crippen molar-refractivity contribution in [3.63, 3.8) is 0 Å². The molecule has 0 saturated heterocycles. The summed E-state index contributed by atoms with van der Waals surface area (Å²) in [6, 6.07) is 0. The van der Waals surface area contributed by atoms with Gasteiger partial charge in [0.05, 0.1) is 0 Å². The molecule has 77 heavy (non-hydrogen) atoms. The Labute approximate surface area is 473 Å². The molecule has 0 aromatic carbocycles. The van der Waals surface area contributed by atoms with E-state index in [1.165, 1.54) is 64.2 Å². The molecule has 0 aliphatic carbocycles. The number of rotatable bonds is 54. The summed E-state index contributed by atoms with van der Waals surface area (Å²) in [5, 5.41) is 0. The Balaban J connectivity index is 4.21. The number of unbranched alkanes of at least 4 members (excludes halogenated alkanes) is 17. The largest absolute Gasteiger partial charge is 0.462 e. The van der Waals surface area contributed by atoms with Crippen LogP contribution in [-0.2, 0) is 28.6 Å². The van der Waals surface area contributed by atoms with E-state index in [2.05, 4.69) is 179 Å². The quantitative estimate of drug-likeness (QED) is 0.0261. The highest BCUT2D eigenvalue weighted by Crippen LogP contribution is 2.15. The van der Waals surface area contributed by atoms with Crippen LogP contribution in [0, 0.1) is 0 Å². The van der Waals surface area contributed by atoms with Gasteiger partial charge in [-0.2, -0.15) is 0 Å². The molecule has 0 bridgehead atoms. The molecular formula is C71H112O6. The number of carbonyl (C=O) groups is 3. The van der Waals surface area contributed by atoms with Crippen LogP contribution in [0.3, 0.4) is 0 Å².